The van der Waals surface area contributed by atoms with Crippen LogP contribution in [0.25, 0.3) is 0 Å². The van der Waals surface area contributed by atoms with Crippen LogP contribution in [0.5, 0.6) is 0 Å². The number of anilines is 2. The molecular formula is C11H18N4O3. The Balaban J connectivity index is 2.63. The number of rotatable bonds is 7. The molecule has 1 rings (SSSR count). The molecule has 0 radical (unpaired) electrons. The quantitative estimate of drug-likeness (QED) is 0.690. The van der Waals surface area contributed by atoms with Gasteiger partial charge in [-0.1, -0.05) is 0 Å². The number of aromatic nitrogens is 2. The standard InChI is InChI=1S/C11H18N4O3/c1-12-8-6-9(13-5-4-11(16)18-3)15-10(14-8)7-17-2/h6H,4-5,7H2,1-3H3,(H2,12,13,14,15). The summed E-state index contributed by atoms with van der Waals surface area (Å²) < 4.78 is 9.54. The first kappa shape index (κ1) is 14.2. The molecule has 1 heterocycles. The second-order valence-corrected chi connectivity index (χ2v) is 3.49. The van der Waals surface area contributed by atoms with Gasteiger partial charge in [-0.05, 0) is 0 Å². The van der Waals surface area contributed by atoms with E-state index in [1.165, 1.54) is 7.11 Å². The molecule has 7 heteroatoms. The minimum absolute atomic E-state index is 0.262. The van der Waals surface area contributed by atoms with Gasteiger partial charge in [-0.3, -0.25) is 4.79 Å². The number of ether oxygens (including phenoxy) is 2. The average molecular weight is 254 g/mol. The second-order valence-electron chi connectivity index (χ2n) is 3.49. The van der Waals surface area contributed by atoms with Crippen molar-refractivity contribution in [2.24, 2.45) is 0 Å². The van der Waals surface area contributed by atoms with E-state index in [4.69, 9.17) is 4.74 Å². The highest BCUT2D eigenvalue weighted by atomic mass is 16.5. The predicted octanol–water partition coefficient (Wildman–Crippen LogP) is 0.640. The van der Waals surface area contributed by atoms with Crippen LogP contribution in [0.4, 0.5) is 11.6 Å². The van der Waals surface area contributed by atoms with Crippen molar-refractivity contribution >= 4 is 17.6 Å². The number of carbonyl (C=O) groups excluding carboxylic acids is 1. The first-order valence-electron chi connectivity index (χ1n) is 5.55. The lowest BCUT2D eigenvalue weighted by Crippen LogP contribution is -2.12. The van der Waals surface area contributed by atoms with Crippen LogP contribution in [0.2, 0.25) is 0 Å². The third kappa shape index (κ3) is 4.54. The Bertz CT molecular complexity index is 398. The molecule has 0 unspecified atom stereocenters. The molecule has 100 valence electrons. The van der Waals surface area contributed by atoms with Gasteiger partial charge < -0.3 is 20.1 Å². The van der Waals surface area contributed by atoms with Gasteiger partial charge in [0, 0.05) is 26.8 Å². The highest BCUT2D eigenvalue weighted by molar-refractivity contribution is 5.69. The first-order valence-corrected chi connectivity index (χ1v) is 5.55. The van der Waals surface area contributed by atoms with Gasteiger partial charge in [-0.2, -0.15) is 0 Å². The molecule has 0 saturated heterocycles. The Morgan fingerprint density at radius 1 is 1.33 bits per heavy atom. The van der Waals surface area contributed by atoms with Crippen LogP contribution in [0.3, 0.4) is 0 Å². The van der Waals surface area contributed by atoms with Crippen LogP contribution in [0.1, 0.15) is 12.2 Å². The third-order valence-corrected chi connectivity index (χ3v) is 2.16. The number of nitrogens with zero attached hydrogens (tertiary/aromatic N) is 2. The summed E-state index contributed by atoms with van der Waals surface area (Å²) in [6, 6.07) is 1.76. The van der Waals surface area contributed by atoms with Gasteiger partial charge in [-0.25, -0.2) is 9.97 Å². The van der Waals surface area contributed by atoms with E-state index in [0.717, 1.165) is 0 Å². The molecule has 0 spiro atoms. The van der Waals surface area contributed by atoms with E-state index in [2.05, 4.69) is 25.3 Å². The maximum atomic E-state index is 11.0. The summed E-state index contributed by atoms with van der Waals surface area (Å²) in [5, 5.41) is 5.97. The summed E-state index contributed by atoms with van der Waals surface area (Å²) >= 11 is 0. The van der Waals surface area contributed by atoms with E-state index < -0.39 is 0 Å². The Labute approximate surface area is 106 Å². The SMILES string of the molecule is CNc1cc(NCCC(=O)OC)nc(COC)n1. The molecule has 18 heavy (non-hydrogen) atoms. The maximum Gasteiger partial charge on any atom is 0.307 e. The summed E-state index contributed by atoms with van der Waals surface area (Å²) in [6.07, 6.45) is 0.287. The zero-order chi connectivity index (χ0) is 13.4. The molecule has 1 aromatic heterocycles. The summed E-state index contributed by atoms with van der Waals surface area (Å²) in [6.45, 7) is 0.792. The monoisotopic (exact) mass is 254 g/mol. The molecule has 0 aliphatic rings. The Hall–Kier alpha value is -1.89. The predicted molar refractivity (Wildman–Crippen MR) is 67.4 cm³/mol. The van der Waals surface area contributed by atoms with E-state index in [1.54, 1.807) is 20.2 Å². The minimum Gasteiger partial charge on any atom is -0.469 e. The fourth-order valence-corrected chi connectivity index (χ4v) is 1.30. The summed E-state index contributed by atoms with van der Waals surface area (Å²) in [4.78, 5) is 19.4. The lowest BCUT2D eigenvalue weighted by atomic mass is 10.4. The van der Waals surface area contributed by atoms with E-state index in [-0.39, 0.29) is 12.4 Å². The van der Waals surface area contributed by atoms with Crippen molar-refractivity contribution in [3.05, 3.63) is 11.9 Å². The fourth-order valence-electron chi connectivity index (χ4n) is 1.30. The Morgan fingerprint density at radius 3 is 2.67 bits per heavy atom. The van der Waals surface area contributed by atoms with Crippen molar-refractivity contribution < 1.29 is 14.3 Å². The largest absolute Gasteiger partial charge is 0.469 e. The van der Waals surface area contributed by atoms with E-state index in [1.807, 2.05) is 0 Å². The number of methoxy groups -OCH3 is 2. The molecule has 0 aromatic carbocycles. The topological polar surface area (TPSA) is 85.4 Å². The number of nitrogens with one attached hydrogen (secondary N) is 2. The molecule has 0 saturated carbocycles. The molecule has 0 fully saturated rings. The lowest BCUT2D eigenvalue weighted by Gasteiger charge is -2.09. The van der Waals surface area contributed by atoms with Gasteiger partial charge in [0.25, 0.3) is 0 Å². The smallest absolute Gasteiger partial charge is 0.307 e. The number of hydrogen-bond acceptors (Lipinski definition) is 7. The average Bonchev–Trinajstić information content (AvgIpc) is 2.38. The van der Waals surface area contributed by atoms with Gasteiger partial charge in [0.05, 0.1) is 13.5 Å². The Morgan fingerprint density at radius 2 is 2.06 bits per heavy atom. The zero-order valence-electron chi connectivity index (χ0n) is 10.8. The van der Waals surface area contributed by atoms with Crippen LogP contribution in [-0.2, 0) is 20.9 Å². The van der Waals surface area contributed by atoms with Crippen molar-refractivity contribution in [3.63, 3.8) is 0 Å². The third-order valence-electron chi connectivity index (χ3n) is 2.16. The van der Waals surface area contributed by atoms with E-state index in [0.29, 0.717) is 30.6 Å². The van der Waals surface area contributed by atoms with Gasteiger partial charge in [0.1, 0.15) is 18.2 Å². The van der Waals surface area contributed by atoms with Gasteiger partial charge in [0.15, 0.2) is 5.82 Å². The van der Waals surface area contributed by atoms with Crippen molar-refractivity contribution in [2.45, 2.75) is 13.0 Å². The molecule has 1 aromatic rings. The van der Waals surface area contributed by atoms with E-state index in [9.17, 15) is 4.79 Å². The molecule has 0 aliphatic carbocycles. The van der Waals surface area contributed by atoms with Crippen LogP contribution in [-0.4, -0.2) is 43.7 Å². The van der Waals surface area contributed by atoms with Crippen molar-refractivity contribution in [1.29, 1.82) is 0 Å². The molecular weight excluding hydrogens is 236 g/mol. The molecule has 0 aliphatic heterocycles. The fraction of sp³-hybridized carbons (Fsp3) is 0.545. The van der Waals surface area contributed by atoms with Gasteiger partial charge in [-0.15, -0.1) is 0 Å². The van der Waals surface area contributed by atoms with Crippen LogP contribution >= 0.6 is 0 Å². The Kier molecular flexibility index (Phi) is 5.86. The van der Waals surface area contributed by atoms with Crippen LogP contribution in [0.15, 0.2) is 6.07 Å². The number of carbonyl (C=O) groups is 1. The van der Waals surface area contributed by atoms with Crippen molar-refractivity contribution in [3.8, 4) is 0 Å². The summed E-state index contributed by atoms with van der Waals surface area (Å²) in [5.41, 5.74) is 0. The van der Waals surface area contributed by atoms with Crippen molar-refractivity contribution in [2.75, 3.05) is 38.4 Å². The molecule has 0 bridgehead atoms. The number of esters is 1. The maximum absolute atomic E-state index is 11.0. The highest BCUT2D eigenvalue weighted by Crippen LogP contribution is 2.11. The zero-order valence-corrected chi connectivity index (χ0v) is 10.8. The summed E-state index contributed by atoms with van der Waals surface area (Å²) in [7, 11) is 4.72. The van der Waals surface area contributed by atoms with Gasteiger partial charge >= 0.3 is 5.97 Å². The lowest BCUT2D eigenvalue weighted by molar-refractivity contribution is -0.140. The number of hydrogen-bond donors (Lipinski definition) is 2. The van der Waals surface area contributed by atoms with Crippen LogP contribution in [0, 0.1) is 0 Å². The molecule has 0 amide bonds. The molecule has 7 nitrogen and oxygen atoms in total. The van der Waals surface area contributed by atoms with Crippen molar-refractivity contribution in [1.82, 2.24) is 9.97 Å². The normalized spacial score (nSPS) is 9.94. The first-order chi connectivity index (χ1) is 8.69. The van der Waals surface area contributed by atoms with E-state index >= 15 is 0 Å². The molecule has 2 N–H and O–H groups in total. The highest BCUT2D eigenvalue weighted by Gasteiger charge is 2.05. The van der Waals surface area contributed by atoms with Gasteiger partial charge in [0.2, 0.25) is 0 Å². The second kappa shape index (κ2) is 7.44. The minimum atomic E-state index is -0.262. The summed E-state index contributed by atoms with van der Waals surface area (Å²) in [5.74, 6) is 1.65. The molecule has 0 atom stereocenters. The van der Waals surface area contributed by atoms with Crippen LogP contribution < -0.4 is 10.6 Å².